The van der Waals surface area contributed by atoms with Gasteiger partial charge in [0.05, 0.1) is 0 Å². The summed E-state index contributed by atoms with van der Waals surface area (Å²) < 4.78 is 25.9. The predicted octanol–water partition coefficient (Wildman–Crippen LogP) is 5.63. The number of hydrogen-bond donors (Lipinski definition) is 0. The molecule has 2 rings (SSSR count). The van der Waals surface area contributed by atoms with E-state index in [9.17, 15) is 4.39 Å². The van der Waals surface area contributed by atoms with E-state index in [-0.39, 0.29) is 11.8 Å². The first kappa shape index (κ1) is 19.5. The van der Waals surface area contributed by atoms with Crippen molar-refractivity contribution in [3.05, 3.63) is 53.3 Å². The van der Waals surface area contributed by atoms with Crippen molar-refractivity contribution in [2.45, 2.75) is 26.3 Å². The molecule has 0 spiro atoms. The van der Waals surface area contributed by atoms with E-state index in [1.807, 2.05) is 14.1 Å². The molecule has 25 heavy (non-hydrogen) atoms. The maximum absolute atomic E-state index is 14.3. The highest BCUT2D eigenvalue weighted by Gasteiger charge is 2.17. The molecule has 0 aliphatic carbocycles. The van der Waals surface area contributed by atoms with Gasteiger partial charge in [-0.25, -0.2) is 4.39 Å². The number of likely N-dealkylation sites (N-methyl/N-ethyl adjacent to an activating group) is 1. The molecule has 0 amide bonds. The van der Waals surface area contributed by atoms with Gasteiger partial charge in [-0.3, -0.25) is 0 Å². The topological polar surface area (TPSA) is 21.7 Å². The van der Waals surface area contributed by atoms with E-state index in [0.29, 0.717) is 29.0 Å². The Morgan fingerprint density at radius 2 is 1.76 bits per heavy atom. The second-order valence-electron chi connectivity index (χ2n) is 6.68. The van der Waals surface area contributed by atoms with Gasteiger partial charge < -0.3 is 14.4 Å². The fraction of sp³-hybridized carbons (Fsp3) is 0.400. The van der Waals surface area contributed by atoms with Crippen molar-refractivity contribution in [2.24, 2.45) is 5.92 Å². The Kier molecular flexibility index (Phi) is 7.09. The molecule has 0 radical (unpaired) electrons. The van der Waals surface area contributed by atoms with Crippen molar-refractivity contribution in [3.8, 4) is 17.2 Å². The summed E-state index contributed by atoms with van der Waals surface area (Å²) in [7, 11) is 4.04. The van der Waals surface area contributed by atoms with Crippen molar-refractivity contribution in [3.63, 3.8) is 0 Å². The summed E-state index contributed by atoms with van der Waals surface area (Å²) >= 11 is 5.87. The van der Waals surface area contributed by atoms with Gasteiger partial charge in [0.2, 0.25) is 5.75 Å². The van der Waals surface area contributed by atoms with Gasteiger partial charge >= 0.3 is 0 Å². The third-order valence-corrected chi connectivity index (χ3v) is 4.12. The van der Waals surface area contributed by atoms with Gasteiger partial charge in [0.15, 0.2) is 11.6 Å². The molecule has 0 saturated heterocycles. The van der Waals surface area contributed by atoms with Crippen LogP contribution in [0.2, 0.25) is 5.02 Å². The third kappa shape index (κ3) is 5.91. The minimum absolute atomic E-state index is 0.0897. The summed E-state index contributed by atoms with van der Waals surface area (Å²) in [5.74, 6) is 1.08. The van der Waals surface area contributed by atoms with E-state index in [0.717, 1.165) is 6.42 Å². The standard InChI is InChI=1S/C20H25ClFNO2/c1-14(2)12-16(23(3)4)13-24-19-7-5-6-18(22)20(19)25-17-10-8-15(21)9-11-17/h5-11,14,16H,12-13H2,1-4H3/t16-/m0/s1. The number of ether oxygens (including phenoxy) is 2. The van der Waals surface area contributed by atoms with E-state index in [2.05, 4.69) is 18.7 Å². The molecular weight excluding hydrogens is 341 g/mol. The molecule has 0 aromatic heterocycles. The normalized spacial score (nSPS) is 12.5. The first-order valence-electron chi connectivity index (χ1n) is 8.38. The molecule has 0 saturated carbocycles. The third-order valence-electron chi connectivity index (χ3n) is 3.87. The van der Waals surface area contributed by atoms with Crippen LogP contribution in [0.4, 0.5) is 4.39 Å². The molecule has 0 aliphatic heterocycles. The molecule has 0 heterocycles. The Morgan fingerprint density at radius 1 is 1.08 bits per heavy atom. The van der Waals surface area contributed by atoms with E-state index in [1.165, 1.54) is 6.07 Å². The van der Waals surface area contributed by atoms with Crippen LogP contribution < -0.4 is 9.47 Å². The van der Waals surface area contributed by atoms with Gasteiger partial charge in [-0.15, -0.1) is 0 Å². The highest BCUT2D eigenvalue weighted by atomic mass is 35.5. The van der Waals surface area contributed by atoms with Gasteiger partial charge in [-0.05, 0) is 62.8 Å². The lowest BCUT2D eigenvalue weighted by atomic mass is 10.0. The summed E-state index contributed by atoms with van der Waals surface area (Å²) in [6.45, 7) is 4.81. The quantitative estimate of drug-likeness (QED) is 0.605. The van der Waals surface area contributed by atoms with Gasteiger partial charge in [0, 0.05) is 11.1 Å². The lowest BCUT2D eigenvalue weighted by molar-refractivity contribution is 0.161. The SMILES string of the molecule is CC(C)C[C@@H](COc1cccc(F)c1Oc1ccc(Cl)cc1)N(C)C. The molecule has 2 aromatic carbocycles. The Labute approximate surface area is 154 Å². The van der Waals surface area contributed by atoms with Crippen LogP contribution in [0.5, 0.6) is 17.2 Å². The molecule has 2 aromatic rings. The summed E-state index contributed by atoms with van der Waals surface area (Å²) in [5, 5.41) is 0.597. The molecule has 0 aliphatic rings. The Bertz CT molecular complexity index is 674. The van der Waals surface area contributed by atoms with E-state index in [1.54, 1.807) is 36.4 Å². The lowest BCUT2D eigenvalue weighted by Gasteiger charge is -2.26. The monoisotopic (exact) mass is 365 g/mol. The van der Waals surface area contributed by atoms with Crippen molar-refractivity contribution in [2.75, 3.05) is 20.7 Å². The Balaban J connectivity index is 2.15. The lowest BCUT2D eigenvalue weighted by Crippen LogP contribution is -2.34. The second-order valence-corrected chi connectivity index (χ2v) is 7.12. The number of benzene rings is 2. The van der Waals surface area contributed by atoms with Crippen molar-refractivity contribution in [1.82, 2.24) is 4.90 Å². The molecule has 136 valence electrons. The van der Waals surface area contributed by atoms with E-state index >= 15 is 0 Å². The first-order chi connectivity index (χ1) is 11.9. The first-order valence-corrected chi connectivity index (χ1v) is 8.75. The number of rotatable bonds is 8. The van der Waals surface area contributed by atoms with E-state index < -0.39 is 5.82 Å². The summed E-state index contributed by atoms with van der Waals surface area (Å²) in [6.07, 6.45) is 0.996. The van der Waals surface area contributed by atoms with Crippen molar-refractivity contribution < 1.29 is 13.9 Å². The average molecular weight is 366 g/mol. The van der Waals surface area contributed by atoms with Crippen LogP contribution in [0.25, 0.3) is 0 Å². The van der Waals surface area contributed by atoms with Gasteiger partial charge in [0.25, 0.3) is 0 Å². The number of hydrogen-bond acceptors (Lipinski definition) is 3. The zero-order valence-electron chi connectivity index (χ0n) is 15.1. The van der Waals surface area contributed by atoms with Crippen molar-refractivity contribution in [1.29, 1.82) is 0 Å². The average Bonchev–Trinajstić information content (AvgIpc) is 2.55. The molecule has 0 unspecified atom stereocenters. The molecule has 5 heteroatoms. The zero-order chi connectivity index (χ0) is 18.4. The summed E-state index contributed by atoms with van der Waals surface area (Å²) in [5.41, 5.74) is 0. The van der Waals surface area contributed by atoms with Crippen LogP contribution in [0, 0.1) is 11.7 Å². The predicted molar refractivity (Wildman–Crippen MR) is 100 cm³/mol. The number of nitrogens with zero attached hydrogens (tertiary/aromatic N) is 1. The van der Waals surface area contributed by atoms with Crippen LogP contribution >= 0.6 is 11.6 Å². The van der Waals surface area contributed by atoms with Crippen molar-refractivity contribution >= 4 is 11.6 Å². The van der Waals surface area contributed by atoms with E-state index in [4.69, 9.17) is 21.1 Å². The van der Waals surface area contributed by atoms with Crippen LogP contribution in [-0.4, -0.2) is 31.6 Å². The fourth-order valence-electron chi connectivity index (χ4n) is 2.48. The minimum Gasteiger partial charge on any atom is -0.488 e. The molecular formula is C20H25ClFNO2. The summed E-state index contributed by atoms with van der Waals surface area (Å²) in [6, 6.07) is 11.7. The highest BCUT2D eigenvalue weighted by molar-refractivity contribution is 6.30. The minimum atomic E-state index is -0.460. The second kappa shape index (κ2) is 9.07. The maximum Gasteiger partial charge on any atom is 0.204 e. The Morgan fingerprint density at radius 3 is 2.36 bits per heavy atom. The molecule has 0 N–H and O–H groups in total. The largest absolute Gasteiger partial charge is 0.488 e. The van der Waals surface area contributed by atoms with Gasteiger partial charge in [0.1, 0.15) is 12.4 Å². The molecule has 0 fully saturated rings. The number of halogens is 2. The van der Waals surface area contributed by atoms with Crippen LogP contribution in [0.3, 0.4) is 0 Å². The molecule has 3 nitrogen and oxygen atoms in total. The van der Waals surface area contributed by atoms with Crippen LogP contribution in [0.15, 0.2) is 42.5 Å². The van der Waals surface area contributed by atoms with Crippen LogP contribution in [-0.2, 0) is 0 Å². The van der Waals surface area contributed by atoms with Crippen LogP contribution in [0.1, 0.15) is 20.3 Å². The smallest absolute Gasteiger partial charge is 0.204 e. The molecule has 0 bridgehead atoms. The highest BCUT2D eigenvalue weighted by Crippen LogP contribution is 2.34. The summed E-state index contributed by atoms with van der Waals surface area (Å²) in [4.78, 5) is 2.12. The molecule has 1 atom stereocenters. The van der Waals surface area contributed by atoms with Gasteiger partial charge in [-0.2, -0.15) is 0 Å². The maximum atomic E-state index is 14.3. The van der Waals surface area contributed by atoms with Gasteiger partial charge in [-0.1, -0.05) is 31.5 Å². The Hall–Kier alpha value is -1.78. The zero-order valence-corrected chi connectivity index (χ0v) is 15.9. The fourth-order valence-corrected chi connectivity index (χ4v) is 2.61. The number of para-hydroxylation sites is 1.